The molecule has 1 rings (SSSR count). The van der Waals surface area contributed by atoms with Gasteiger partial charge < -0.3 is 10.2 Å². The van der Waals surface area contributed by atoms with E-state index in [0.717, 1.165) is 0 Å². The van der Waals surface area contributed by atoms with Gasteiger partial charge in [-0.3, -0.25) is 0 Å². The van der Waals surface area contributed by atoms with Crippen LogP contribution in [0.3, 0.4) is 0 Å². The van der Waals surface area contributed by atoms with Crippen molar-refractivity contribution < 1.29 is 18.0 Å². The van der Waals surface area contributed by atoms with E-state index in [1.807, 2.05) is 0 Å². The van der Waals surface area contributed by atoms with Gasteiger partial charge in [-0.05, 0) is 38.5 Å². The maximum atomic E-state index is 11.2. The molecule has 1 fully saturated rings. The maximum Gasteiger partial charge on any atom is 0.427 e. The molecule has 1 saturated carbocycles. The van der Waals surface area contributed by atoms with Crippen molar-refractivity contribution in [3.8, 4) is 0 Å². The molecule has 0 aromatic heterocycles. The van der Waals surface area contributed by atoms with Crippen molar-refractivity contribution in [3.63, 3.8) is 0 Å². The Kier molecular flexibility index (Phi) is 3.25. The average Bonchev–Trinajstić information content (AvgIpc) is 2.79. The molecule has 0 bridgehead atoms. The summed E-state index contributed by atoms with van der Waals surface area (Å²) in [6.45, 7) is 5.30. The summed E-state index contributed by atoms with van der Waals surface area (Å²) < 4.78 is 22.5. The zero-order valence-corrected chi connectivity index (χ0v) is 9.85. The van der Waals surface area contributed by atoms with Crippen LogP contribution in [0.5, 0.6) is 0 Å². The average molecular weight is 236 g/mol. The monoisotopic (exact) mass is 236 g/mol. The summed E-state index contributed by atoms with van der Waals surface area (Å²) in [5, 5.41) is 2.06. The van der Waals surface area contributed by atoms with E-state index in [2.05, 4.69) is 10.2 Å². The number of amides is 1. The number of hydrogen-bond donors (Lipinski definition) is 2. The van der Waals surface area contributed by atoms with Crippen LogP contribution in [0.2, 0.25) is 0 Å². The van der Waals surface area contributed by atoms with Crippen molar-refractivity contribution in [2.45, 2.75) is 44.4 Å². The quantitative estimate of drug-likeness (QED) is 0.699. The van der Waals surface area contributed by atoms with Gasteiger partial charge in [-0.25, -0.2) is 13.2 Å². The second-order valence-electron chi connectivity index (χ2n) is 4.59. The van der Waals surface area contributed by atoms with E-state index in [9.17, 15) is 13.2 Å². The number of hydrogen-bond acceptors (Lipinski definition) is 4. The third-order valence-electron chi connectivity index (χ3n) is 1.69. The minimum Gasteiger partial charge on any atom is -0.339 e. The van der Waals surface area contributed by atoms with Gasteiger partial charge in [0.2, 0.25) is 10.0 Å². The summed E-state index contributed by atoms with van der Waals surface area (Å²) in [4.78, 5) is 17.3. The zero-order chi connectivity index (χ0) is 11.7. The van der Waals surface area contributed by atoms with Crippen molar-refractivity contribution >= 4 is 16.1 Å². The molecule has 0 spiro atoms. The standard InChI is InChI=1S/C8H16N2O4S/c1-8(2,3)9-7(11)14-10-15(12,13)6-4-5-6/h6,10H,4-5H2,1-3H3,(H,9,11). The second-order valence-corrected chi connectivity index (χ2v) is 6.52. The molecular weight excluding hydrogens is 220 g/mol. The molecule has 15 heavy (non-hydrogen) atoms. The van der Waals surface area contributed by atoms with Crippen molar-refractivity contribution in [3.05, 3.63) is 0 Å². The highest BCUT2D eigenvalue weighted by atomic mass is 32.2. The molecule has 1 aliphatic rings. The fourth-order valence-electron chi connectivity index (χ4n) is 0.874. The van der Waals surface area contributed by atoms with E-state index in [1.165, 1.54) is 0 Å². The molecule has 88 valence electrons. The van der Waals surface area contributed by atoms with Crippen LogP contribution in [0.1, 0.15) is 33.6 Å². The predicted octanol–water partition coefficient (Wildman–Crippen LogP) is 0.508. The van der Waals surface area contributed by atoms with Crippen LogP contribution in [0.25, 0.3) is 0 Å². The lowest BCUT2D eigenvalue weighted by Gasteiger charge is -2.19. The molecule has 1 amide bonds. The lowest BCUT2D eigenvalue weighted by molar-refractivity contribution is 0.117. The number of sulfonamides is 1. The Bertz CT molecular complexity index is 340. The van der Waals surface area contributed by atoms with E-state index in [-0.39, 0.29) is 0 Å². The highest BCUT2D eigenvalue weighted by Gasteiger charge is 2.36. The van der Waals surface area contributed by atoms with Crippen LogP contribution in [0, 0.1) is 0 Å². The van der Waals surface area contributed by atoms with E-state index in [1.54, 1.807) is 25.7 Å². The molecule has 0 saturated heterocycles. The fourth-order valence-corrected chi connectivity index (χ4v) is 1.96. The number of carbonyl (C=O) groups excluding carboxylic acids is 1. The molecule has 0 aromatic rings. The summed E-state index contributed by atoms with van der Waals surface area (Å²) in [6, 6.07) is 0. The molecule has 0 unspecified atom stereocenters. The van der Waals surface area contributed by atoms with Crippen LogP contribution < -0.4 is 10.2 Å². The number of carbonyl (C=O) groups is 1. The van der Waals surface area contributed by atoms with Gasteiger partial charge in [-0.2, -0.15) is 0 Å². The predicted molar refractivity (Wildman–Crippen MR) is 54.4 cm³/mol. The van der Waals surface area contributed by atoms with Gasteiger partial charge in [-0.15, -0.1) is 0 Å². The van der Waals surface area contributed by atoms with Gasteiger partial charge in [0.15, 0.2) is 0 Å². The van der Waals surface area contributed by atoms with E-state index >= 15 is 0 Å². The molecule has 0 atom stereocenters. The van der Waals surface area contributed by atoms with E-state index < -0.39 is 26.9 Å². The van der Waals surface area contributed by atoms with Gasteiger partial charge in [0, 0.05) is 5.54 Å². The second kappa shape index (κ2) is 3.97. The minimum absolute atomic E-state index is 0.403. The van der Waals surface area contributed by atoms with Gasteiger partial charge in [0.25, 0.3) is 0 Å². The molecule has 2 N–H and O–H groups in total. The van der Waals surface area contributed by atoms with E-state index in [4.69, 9.17) is 0 Å². The lowest BCUT2D eigenvalue weighted by Crippen LogP contribution is -2.44. The molecule has 0 aliphatic heterocycles. The normalized spacial score (nSPS) is 17.3. The first kappa shape index (κ1) is 12.3. The van der Waals surface area contributed by atoms with Crippen LogP contribution >= 0.6 is 0 Å². The topological polar surface area (TPSA) is 84.5 Å². The zero-order valence-electron chi connectivity index (χ0n) is 9.03. The van der Waals surface area contributed by atoms with E-state index in [0.29, 0.717) is 12.8 Å². The van der Waals surface area contributed by atoms with Crippen molar-refractivity contribution in [2.75, 3.05) is 0 Å². The molecule has 0 aromatic carbocycles. The Balaban J connectivity index is 2.34. The largest absolute Gasteiger partial charge is 0.427 e. The lowest BCUT2D eigenvalue weighted by atomic mass is 10.1. The summed E-state index contributed by atoms with van der Waals surface area (Å²) in [5.74, 6) is 0. The summed E-state index contributed by atoms with van der Waals surface area (Å²) in [7, 11) is -3.47. The molecule has 0 heterocycles. The van der Waals surface area contributed by atoms with Gasteiger partial charge in [0.1, 0.15) is 0 Å². The molecule has 7 heteroatoms. The van der Waals surface area contributed by atoms with Crippen LogP contribution in [0.15, 0.2) is 0 Å². The Morgan fingerprint density at radius 2 is 1.87 bits per heavy atom. The first-order chi connectivity index (χ1) is 6.71. The minimum atomic E-state index is -3.47. The fraction of sp³-hybridized carbons (Fsp3) is 0.875. The highest BCUT2D eigenvalue weighted by molar-refractivity contribution is 7.90. The van der Waals surface area contributed by atoms with Crippen LogP contribution in [0.4, 0.5) is 4.79 Å². The third-order valence-corrected chi connectivity index (χ3v) is 3.36. The van der Waals surface area contributed by atoms with Gasteiger partial charge >= 0.3 is 6.09 Å². The molecule has 1 aliphatic carbocycles. The highest BCUT2D eigenvalue weighted by Crippen LogP contribution is 2.27. The SMILES string of the molecule is CC(C)(C)NC(=O)ONS(=O)(=O)C1CC1. The van der Waals surface area contributed by atoms with Crippen LogP contribution in [-0.2, 0) is 14.9 Å². The Hall–Kier alpha value is -0.820. The van der Waals surface area contributed by atoms with Crippen molar-refractivity contribution in [1.29, 1.82) is 0 Å². The van der Waals surface area contributed by atoms with Gasteiger partial charge in [-0.1, -0.05) is 0 Å². The first-order valence-corrected chi connectivity index (χ1v) is 6.25. The van der Waals surface area contributed by atoms with Crippen molar-refractivity contribution in [2.24, 2.45) is 0 Å². The molecule has 6 nitrogen and oxygen atoms in total. The summed E-state index contributed by atoms with van der Waals surface area (Å²) in [5.41, 5.74) is -0.456. The summed E-state index contributed by atoms with van der Waals surface area (Å²) >= 11 is 0. The van der Waals surface area contributed by atoms with Crippen LogP contribution in [-0.4, -0.2) is 25.3 Å². The van der Waals surface area contributed by atoms with Gasteiger partial charge in [0.05, 0.1) is 5.25 Å². The maximum absolute atomic E-state index is 11.2. The summed E-state index contributed by atoms with van der Waals surface area (Å²) in [6.07, 6.45) is 0.450. The van der Waals surface area contributed by atoms with Crippen molar-refractivity contribution in [1.82, 2.24) is 10.2 Å². The molecular formula is C8H16N2O4S. The molecule has 0 radical (unpaired) electrons. The Morgan fingerprint density at radius 3 is 2.27 bits per heavy atom. The number of nitrogens with one attached hydrogen (secondary N) is 2. The Morgan fingerprint density at radius 1 is 1.33 bits per heavy atom. The number of rotatable bonds is 3. The Labute approximate surface area is 89.4 Å². The first-order valence-electron chi connectivity index (χ1n) is 4.70. The smallest absolute Gasteiger partial charge is 0.339 e. The third kappa shape index (κ3) is 4.48.